The smallest absolute Gasteiger partial charge is 0.332 e. The summed E-state index contributed by atoms with van der Waals surface area (Å²) in [6.45, 7) is 0.529. The van der Waals surface area contributed by atoms with E-state index in [-0.39, 0.29) is 17.6 Å². The number of hydrogen-bond donors (Lipinski definition) is 3. The molecule has 21 heavy (non-hydrogen) atoms. The first-order chi connectivity index (χ1) is 9.91. The van der Waals surface area contributed by atoms with Crippen molar-refractivity contribution in [1.29, 1.82) is 0 Å². The molecule has 0 aliphatic carbocycles. The molecule has 0 aliphatic heterocycles. The molecule has 9 heteroatoms. The average Bonchev–Trinajstić information content (AvgIpc) is 2.86. The van der Waals surface area contributed by atoms with Gasteiger partial charge in [-0.2, -0.15) is 4.98 Å². The van der Waals surface area contributed by atoms with Gasteiger partial charge in [-0.25, -0.2) is 4.79 Å². The summed E-state index contributed by atoms with van der Waals surface area (Å²) in [5.74, 6) is -0.434. The molecule has 2 aromatic heterocycles. The molecule has 0 radical (unpaired) electrons. The highest BCUT2D eigenvalue weighted by Gasteiger charge is 2.12. The first-order valence-corrected chi connectivity index (χ1v) is 6.53. The van der Waals surface area contributed by atoms with Crippen LogP contribution in [0.3, 0.4) is 0 Å². The van der Waals surface area contributed by atoms with Gasteiger partial charge in [0.1, 0.15) is 0 Å². The van der Waals surface area contributed by atoms with Crippen molar-refractivity contribution in [1.82, 2.24) is 19.1 Å². The van der Waals surface area contributed by atoms with E-state index in [1.165, 1.54) is 11.6 Å². The van der Waals surface area contributed by atoms with Gasteiger partial charge in [-0.15, -0.1) is 0 Å². The number of rotatable bonds is 6. The lowest BCUT2D eigenvalue weighted by molar-refractivity contribution is -0.137. The maximum absolute atomic E-state index is 12.0. The molecule has 0 fully saturated rings. The van der Waals surface area contributed by atoms with Gasteiger partial charge in [-0.3, -0.25) is 18.7 Å². The van der Waals surface area contributed by atoms with Crippen LogP contribution < -0.4 is 16.6 Å². The molecular weight excluding hydrogens is 278 g/mol. The number of H-pyrrole nitrogens is 1. The van der Waals surface area contributed by atoms with E-state index in [1.807, 2.05) is 0 Å². The van der Waals surface area contributed by atoms with Crippen molar-refractivity contribution in [3.63, 3.8) is 0 Å². The van der Waals surface area contributed by atoms with Gasteiger partial charge in [0, 0.05) is 27.1 Å². The van der Waals surface area contributed by atoms with Gasteiger partial charge in [0.05, 0.1) is 0 Å². The molecule has 114 valence electrons. The number of hydrogen-bond acceptors (Lipinski definition) is 5. The van der Waals surface area contributed by atoms with Crippen molar-refractivity contribution in [2.75, 3.05) is 11.9 Å². The number of unbranched alkanes of at least 4 members (excludes halogenated alkanes) is 1. The number of carboxylic acids is 1. The second-order valence-electron chi connectivity index (χ2n) is 4.77. The van der Waals surface area contributed by atoms with Gasteiger partial charge in [0.25, 0.3) is 5.56 Å². The van der Waals surface area contributed by atoms with Crippen molar-refractivity contribution in [3.8, 4) is 0 Å². The summed E-state index contributed by atoms with van der Waals surface area (Å²) in [5.41, 5.74) is -0.324. The summed E-state index contributed by atoms with van der Waals surface area (Å²) in [6.07, 6.45) is 1.35. The van der Waals surface area contributed by atoms with E-state index < -0.39 is 17.2 Å². The fourth-order valence-electron chi connectivity index (χ4n) is 2.02. The van der Waals surface area contributed by atoms with E-state index >= 15 is 0 Å². The molecule has 0 saturated carbocycles. The third-order valence-electron chi connectivity index (χ3n) is 3.20. The number of aliphatic carboxylic acids is 1. The first kappa shape index (κ1) is 14.8. The van der Waals surface area contributed by atoms with Crippen LogP contribution in [0.15, 0.2) is 9.59 Å². The standard InChI is InChI=1S/C12H17N5O4/c1-16-9-8(10(20)17(2)12(16)21)14-11(15-9)13-6-4-3-5-7(18)19/h3-6H2,1-2H3,(H,18,19)(H2,13,14,15). The van der Waals surface area contributed by atoms with Gasteiger partial charge in [-0.1, -0.05) is 0 Å². The summed E-state index contributed by atoms with van der Waals surface area (Å²) < 4.78 is 2.31. The number of carboxylic acid groups (broad SMARTS) is 1. The van der Waals surface area contributed by atoms with Crippen LogP contribution in [0.4, 0.5) is 5.95 Å². The molecule has 0 bridgehead atoms. The Morgan fingerprint density at radius 3 is 2.67 bits per heavy atom. The van der Waals surface area contributed by atoms with Gasteiger partial charge >= 0.3 is 11.7 Å². The second kappa shape index (κ2) is 5.81. The SMILES string of the molecule is Cn1c(=O)c2[nH]c(NCCCCC(=O)O)nc2n(C)c1=O. The van der Waals surface area contributed by atoms with E-state index in [0.717, 1.165) is 4.57 Å². The fraction of sp³-hybridized carbons (Fsp3) is 0.500. The number of carbonyl (C=O) groups is 1. The molecule has 0 saturated heterocycles. The Labute approximate surface area is 119 Å². The number of aromatic amines is 1. The zero-order valence-corrected chi connectivity index (χ0v) is 11.8. The first-order valence-electron chi connectivity index (χ1n) is 6.53. The molecule has 0 unspecified atom stereocenters. The summed E-state index contributed by atoms with van der Waals surface area (Å²) in [5, 5.41) is 11.5. The van der Waals surface area contributed by atoms with Gasteiger partial charge in [0.15, 0.2) is 11.2 Å². The number of fused-ring (bicyclic) bond motifs is 1. The lowest BCUT2D eigenvalue weighted by atomic mass is 10.2. The van der Waals surface area contributed by atoms with Gasteiger partial charge in [-0.05, 0) is 12.8 Å². The van der Waals surface area contributed by atoms with Crippen LogP contribution in [0, 0.1) is 0 Å². The van der Waals surface area contributed by atoms with Gasteiger partial charge in [0.2, 0.25) is 5.95 Å². The van der Waals surface area contributed by atoms with E-state index in [1.54, 1.807) is 7.05 Å². The number of anilines is 1. The average molecular weight is 295 g/mol. The van der Waals surface area contributed by atoms with E-state index in [9.17, 15) is 14.4 Å². The lowest BCUT2D eigenvalue weighted by Gasteiger charge is -2.01. The monoisotopic (exact) mass is 295 g/mol. The predicted molar refractivity (Wildman–Crippen MR) is 76.6 cm³/mol. The quantitative estimate of drug-likeness (QED) is 0.625. The Bertz CT molecular complexity index is 785. The number of imidazole rings is 1. The topological polar surface area (TPSA) is 122 Å². The molecule has 9 nitrogen and oxygen atoms in total. The van der Waals surface area contributed by atoms with Crippen LogP contribution in [-0.2, 0) is 18.9 Å². The number of aromatic nitrogens is 4. The van der Waals surface area contributed by atoms with Crippen molar-refractivity contribution in [2.45, 2.75) is 19.3 Å². The van der Waals surface area contributed by atoms with Crippen LogP contribution in [-0.4, -0.2) is 36.7 Å². The second-order valence-corrected chi connectivity index (χ2v) is 4.77. The number of nitrogens with zero attached hydrogens (tertiary/aromatic N) is 3. The molecule has 2 heterocycles. The Hall–Kier alpha value is -2.58. The summed E-state index contributed by atoms with van der Waals surface area (Å²) >= 11 is 0. The van der Waals surface area contributed by atoms with E-state index in [0.29, 0.717) is 25.3 Å². The molecule has 2 aromatic rings. The van der Waals surface area contributed by atoms with Crippen molar-refractivity contribution in [3.05, 3.63) is 20.8 Å². The zero-order chi connectivity index (χ0) is 15.6. The Morgan fingerprint density at radius 1 is 1.29 bits per heavy atom. The van der Waals surface area contributed by atoms with Crippen molar-refractivity contribution < 1.29 is 9.90 Å². The van der Waals surface area contributed by atoms with E-state index in [2.05, 4.69) is 15.3 Å². The predicted octanol–water partition coefficient (Wildman–Crippen LogP) is -0.373. The molecule has 2 rings (SSSR count). The minimum atomic E-state index is -0.822. The lowest BCUT2D eigenvalue weighted by Crippen LogP contribution is -2.36. The number of aryl methyl sites for hydroxylation is 1. The maximum atomic E-state index is 12.0. The largest absolute Gasteiger partial charge is 0.481 e. The molecule has 0 atom stereocenters. The molecule has 0 aromatic carbocycles. The fourth-order valence-corrected chi connectivity index (χ4v) is 2.02. The van der Waals surface area contributed by atoms with Crippen LogP contribution in [0.25, 0.3) is 11.2 Å². The van der Waals surface area contributed by atoms with Crippen molar-refractivity contribution in [2.24, 2.45) is 14.1 Å². The van der Waals surface area contributed by atoms with Gasteiger partial charge < -0.3 is 15.4 Å². The highest BCUT2D eigenvalue weighted by atomic mass is 16.4. The highest BCUT2D eigenvalue weighted by molar-refractivity contribution is 5.72. The van der Waals surface area contributed by atoms with Crippen LogP contribution in [0.2, 0.25) is 0 Å². The zero-order valence-electron chi connectivity index (χ0n) is 11.8. The minimum absolute atomic E-state index is 0.122. The summed E-state index contributed by atoms with van der Waals surface area (Å²) in [4.78, 5) is 41.1. The molecule has 3 N–H and O–H groups in total. The van der Waals surface area contributed by atoms with E-state index in [4.69, 9.17) is 5.11 Å². The third kappa shape index (κ3) is 2.96. The maximum Gasteiger partial charge on any atom is 0.332 e. The van der Waals surface area contributed by atoms with Crippen LogP contribution in [0.1, 0.15) is 19.3 Å². The molecule has 0 amide bonds. The summed E-state index contributed by atoms with van der Waals surface area (Å²) in [7, 11) is 2.95. The third-order valence-corrected chi connectivity index (χ3v) is 3.20. The molecule has 0 spiro atoms. The Morgan fingerprint density at radius 2 is 2.00 bits per heavy atom. The minimum Gasteiger partial charge on any atom is -0.481 e. The summed E-state index contributed by atoms with van der Waals surface area (Å²) in [6, 6.07) is 0. The number of nitrogens with one attached hydrogen (secondary N) is 2. The molecular formula is C12H17N5O4. The van der Waals surface area contributed by atoms with Crippen LogP contribution >= 0.6 is 0 Å². The molecule has 0 aliphatic rings. The Balaban J connectivity index is 2.15. The van der Waals surface area contributed by atoms with Crippen molar-refractivity contribution >= 4 is 23.1 Å². The normalized spacial score (nSPS) is 11.0. The van der Waals surface area contributed by atoms with Crippen LogP contribution in [0.5, 0.6) is 0 Å². The highest BCUT2D eigenvalue weighted by Crippen LogP contribution is 2.08. The Kier molecular flexibility index (Phi) is 4.10.